The number of hydrogen-bond acceptors (Lipinski definition) is 7. The van der Waals surface area contributed by atoms with Crippen molar-refractivity contribution in [3.8, 4) is 0 Å². The Kier molecular flexibility index (Phi) is 10.4. The molecule has 0 bridgehead atoms. The van der Waals surface area contributed by atoms with Gasteiger partial charge >= 0.3 is 0 Å². The van der Waals surface area contributed by atoms with E-state index >= 15 is 0 Å². The highest BCUT2D eigenvalue weighted by molar-refractivity contribution is 6.37. The van der Waals surface area contributed by atoms with E-state index in [0.29, 0.717) is 23.6 Å². The highest BCUT2D eigenvalue weighted by atomic mass is 35.5. The maximum Gasteiger partial charge on any atom is 0.287 e. The summed E-state index contributed by atoms with van der Waals surface area (Å²) >= 11 is 6.20. The van der Waals surface area contributed by atoms with E-state index in [4.69, 9.17) is 22.2 Å². The molecule has 3 aliphatic rings. The molecule has 12 heteroatoms. The molecule has 2 aliphatic heterocycles. The van der Waals surface area contributed by atoms with E-state index in [1.807, 2.05) is 26.8 Å². The quantitative estimate of drug-likeness (QED) is 0.337. The Bertz CT molecular complexity index is 1320. The lowest BCUT2D eigenvalue weighted by Gasteiger charge is -2.36. The summed E-state index contributed by atoms with van der Waals surface area (Å²) in [5, 5.41) is 10.5. The molecular weight excluding hydrogens is 586 g/mol. The predicted octanol–water partition coefficient (Wildman–Crippen LogP) is 3.25. The van der Waals surface area contributed by atoms with Gasteiger partial charge in [-0.15, -0.1) is 0 Å². The minimum Gasteiger partial charge on any atom is -0.387 e. The molecule has 1 spiro atoms. The van der Waals surface area contributed by atoms with Crippen molar-refractivity contribution >= 4 is 46.7 Å². The van der Waals surface area contributed by atoms with Crippen LogP contribution in [0.1, 0.15) is 91.0 Å². The number of oxime groups is 1. The van der Waals surface area contributed by atoms with Crippen LogP contribution in [0.2, 0.25) is 5.02 Å². The van der Waals surface area contributed by atoms with Crippen molar-refractivity contribution in [3.05, 3.63) is 34.9 Å². The number of carbonyl (C=O) groups excluding carboxylic acids is 5. The van der Waals surface area contributed by atoms with Crippen LogP contribution in [0, 0.1) is 11.3 Å². The second-order valence-electron chi connectivity index (χ2n) is 13.5. The second-order valence-corrected chi connectivity index (χ2v) is 13.9. The van der Waals surface area contributed by atoms with Gasteiger partial charge < -0.3 is 26.1 Å². The molecular formula is C32H44ClN5O6. The number of halogens is 1. The van der Waals surface area contributed by atoms with E-state index in [-0.39, 0.29) is 31.2 Å². The first kappa shape index (κ1) is 33.4. The summed E-state index contributed by atoms with van der Waals surface area (Å²) in [6, 6.07) is 4.07. The number of nitrogens with two attached hydrogens (primary N) is 1. The van der Waals surface area contributed by atoms with Crippen LogP contribution in [0.15, 0.2) is 29.4 Å². The van der Waals surface area contributed by atoms with Gasteiger partial charge in [0.05, 0.1) is 18.3 Å². The summed E-state index contributed by atoms with van der Waals surface area (Å²) in [5.74, 6) is -3.02. The van der Waals surface area contributed by atoms with Crippen LogP contribution >= 0.6 is 11.6 Å². The minimum absolute atomic E-state index is 0.0309. The van der Waals surface area contributed by atoms with Crippen molar-refractivity contribution in [2.75, 3.05) is 6.54 Å². The van der Waals surface area contributed by atoms with Gasteiger partial charge in [-0.3, -0.25) is 24.0 Å². The number of hydrogen-bond donors (Lipinski definition) is 3. The Balaban J connectivity index is 1.59. The molecule has 2 heterocycles. The van der Waals surface area contributed by atoms with Gasteiger partial charge in [-0.2, -0.15) is 0 Å². The van der Waals surface area contributed by atoms with Gasteiger partial charge in [0.1, 0.15) is 12.1 Å². The van der Waals surface area contributed by atoms with Gasteiger partial charge in [0, 0.05) is 29.8 Å². The molecule has 1 aliphatic carbocycles. The second kappa shape index (κ2) is 13.7. The Hall–Kier alpha value is -3.47. The van der Waals surface area contributed by atoms with E-state index in [0.717, 1.165) is 31.2 Å². The molecule has 1 saturated carbocycles. The molecule has 1 aromatic carbocycles. The number of rotatable bonds is 10. The third-order valence-electron chi connectivity index (χ3n) is 8.88. The number of carbonyl (C=O) groups is 5. The summed E-state index contributed by atoms with van der Waals surface area (Å²) in [6.07, 6.45) is 6.25. The normalized spacial score (nSPS) is 23.4. The number of amides is 4. The molecule has 11 nitrogen and oxygen atoms in total. The molecule has 4 amide bonds. The molecule has 0 aromatic heterocycles. The number of likely N-dealkylation sites (tertiary alicyclic amines) is 1. The van der Waals surface area contributed by atoms with Gasteiger partial charge in [0.15, 0.2) is 5.60 Å². The first-order valence-electron chi connectivity index (χ1n) is 15.5. The average Bonchev–Trinajstić information content (AvgIpc) is 3.57. The number of benzene rings is 1. The van der Waals surface area contributed by atoms with E-state index in [1.54, 1.807) is 25.1 Å². The maximum atomic E-state index is 14.3. The Morgan fingerprint density at radius 2 is 1.84 bits per heavy atom. The number of Topliss-reactive ketones (excluding diaryl/α,β-unsaturated/α-hetero) is 1. The summed E-state index contributed by atoms with van der Waals surface area (Å²) in [4.78, 5) is 72.7. The zero-order valence-corrected chi connectivity index (χ0v) is 26.7. The molecule has 240 valence electrons. The fourth-order valence-electron chi connectivity index (χ4n) is 6.43. The fraction of sp³-hybridized carbons (Fsp3) is 0.625. The molecule has 4 N–H and O–H groups in total. The van der Waals surface area contributed by atoms with Crippen LogP contribution in [0.4, 0.5) is 0 Å². The smallest absolute Gasteiger partial charge is 0.287 e. The highest BCUT2D eigenvalue weighted by Gasteiger charge is 2.55. The number of nitrogens with zero attached hydrogens (tertiary/aromatic N) is 2. The van der Waals surface area contributed by atoms with Crippen molar-refractivity contribution in [2.45, 2.75) is 109 Å². The van der Waals surface area contributed by atoms with Crippen molar-refractivity contribution in [1.29, 1.82) is 0 Å². The molecule has 1 unspecified atom stereocenters. The zero-order valence-electron chi connectivity index (χ0n) is 26.0. The Labute approximate surface area is 263 Å². The van der Waals surface area contributed by atoms with Crippen molar-refractivity contribution in [2.24, 2.45) is 22.2 Å². The topological polar surface area (TPSA) is 160 Å². The lowest BCUT2D eigenvalue weighted by molar-refractivity contribution is -0.145. The highest BCUT2D eigenvalue weighted by Crippen LogP contribution is 2.40. The third-order valence-corrected chi connectivity index (χ3v) is 9.12. The Morgan fingerprint density at radius 3 is 2.45 bits per heavy atom. The monoisotopic (exact) mass is 629 g/mol. The lowest BCUT2D eigenvalue weighted by Crippen LogP contribution is -2.59. The van der Waals surface area contributed by atoms with Crippen molar-refractivity contribution in [3.63, 3.8) is 0 Å². The third kappa shape index (κ3) is 7.78. The van der Waals surface area contributed by atoms with E-state index in [9.17, 15) is 24.0 Å². The average molecular weight is 630 g/mol. The van der Waals surface area contributed by atoms with Crippen molar-refractivity contribution < 1.29 is 28.8 Å². The predicted molar refractivity (Wildman–Crippen MR) is 166 cm³/mol. The summed E-state index contributed by atoms with van der Waals surface area (Å²) in [6.45, 7) is 7.27. The van der Waals surface area contributed by atoms with Gasteiger partial charge in [-0.1, -0.05) is 75.8 Å². The van der Waals surface area contributed by atoms with Gasteiger partial charge in [0.2, 0.25) is 23.5 Å². The zero-order chi connectivity index (χ0) is 32.2. The summed E-state index contributed by atoms with van der Waals surface area (Å²) in [5.41, 5.74) is 4.91. The molecule has 0 radical (unpaired) electrons. The maximum absolute atomic E-state index is 14.3. The largest absolute Gasteiger partial charge is 0.387 e. The van der Waals surface area contributed by atoms with Gasteiger partial charge in [0.25, 0.3) is 5.91 Å². The molecule has 4 atom stereocenters. The number of primary amides is 1. The first-order chi connectivity index (χ1) is 20.7. The van der Waals surface area contributed by atoms with E-state index < -0.39 is 52.6 Å². The van der Waals surface area contributed by atoms with Crippen LogP contribution in [-0.4, -0.2) is 70.3 Å². The fourth-order valence-corrected chi connectivity index (χ4v) is 6.62. The Morgan fingerprint density at radius 1 is 1.14 bits per heavy atom. The summed E-state index contributed by atoms with van der Waals surface area (Å²) in [7, 11) is 0. The van der Waals surface area contributed by atoms with Crippen LogP contribution in [0.25, 0.3) is 0 Å². The lowest BCUT2D eigenvalue weighted by atomic mass is 9.84. The molecule has 1 aromatic rings. The van der Waals surface area contributed by atoms with Gasteiger partial charge in [-0.25, -0.2) is 0 Å². The van der Waals surface area contributed by atoms with Crippen molar-refractivity contribution in [1.82, 2.24) is 15.5 Å². The first-order valence-corrected chi connectivity index (χ1v) is 15.9. The number of nitrogens with one attached hydrogen (secondary N) is 2. The van der Waals surface area contributed by atoms with E-state index in [2.05, 4.69) is 15.8 Å². The summed E-state index contributed by atoms with van der Waals surface area (Å²) < 4.78 is 0. The molecule has 2 fully saturated rings. The number of ketones is 1. The van der Waals surface area contributed by atoms with Crippen LogP contribution in [0.5, 0.6) is 0 Å². The van der Waals surface area contributed by atoms with E-state index in [1.165, 1.54) is 11.3 Å². The molecule has 44 heavy (non-hydrogen) atoms. The molecule has 4 rings (SSSR count). The standard InChI is InChI=1S/C32H44ClN5O6/c1-5-22(26(40)28(34)41)35-29(42)24-17-32(16-23(37-44-32)20-12-9-13-21(33)15-20)18-38(24)30(43)27(31(2,3)4)36-25(39)14-19-10-7-6-8-11-19/h9,12-13,15,19,22,24,27H,5-8,10-11,14,16-18H2,1-4H3,(H2,34,41)(H,35,42)(H,36,39)/t22?,24-,27+,32+/m0/s1. The molecule has 1 saturated heterocycles. The van der Waals surface area contributed by atoms with Crippen LogP contribution in [-0.2, 0) is 28.8 Å². The van der Waals surface area contributed by atoms with Crippen LogP contribution < -0.4 is 16.4 Å². The van der Waals surface area contributed by atoms with Gasteiger partial charge in [-0.05, 0) is 42.7 Å². The minimum atomic E-state index is -1.15. The SMILES string of the molecule is CCC(NC(=O)[C@@H]1C[C@]2(CC(c3cccc(Cl)c3)=NO2)CN1C(=O)[C@@H](NC(=O)CC1CCCCC1)C(C)(C)C)C(=O)C(N)=O. The van der Waals surface area contributed by atoms with Crippen LogP contribution in [0.3, 0.4) is 0 Å².